The Bertz CT molecular complexity index is 553. The van der Waals surface area contributed by atoms with Gasteiger partial charge in [-0.2, -0.15) is 4.98 Å². The number of hydrogen-bond acceptors (Lipinski definition) is 5. The van der Waals surface area contributed by atoms with E-state index in [1.165, 1.54) is 0 Å². The lowest BCUT2D eigenvalue weighted by atomic mass is 9.93. The predicted octanol–water partition coefficient (Wildman–Crippen LogP) is 2.49. The van der Waals surface area contributed by atoms with Crippen molar-refractivity contribution in [1.82, 2.24) is 20.4 Å². The molecule has 0 radical (unpaired) electrons. The number of nitrogens with one attached hydrogen (secondary N) is 1. The molecule has 1 aromatic rings. The molecule has 0 aromatic carbocycles. The number of hydrogen-bond donors (Lipinski definition) is 1. The van der Waals surface area contributed by atoms with E-state index in [1.807, 2.05) is 0 Å². The van der Waals surface area contributed by atoms with Crippen molar-refractivity contribution in [1.29, 1.82) is 0 Å². The Labute approximate surface area is 138 Å². The highest BCUT2D eigenvalue weighted by atomic mass is 16.5. The van der Waals surface area contributed by atoms with Crippen LogP contribution in [0.15, 0.2) is 4.52 Å². The van der Waals surface area contributed by atoms with Crippen LogP contribution in [-0.4, -0.2) is 40.1 Å². The summed E-state index contributed by atoms with van der Waals surface area (Å²) in [6.45, 7) is 10.1. The highest BCUT2D eigenvalue weighted by molar-refractivity contribution is 5.81. The molecule has 1 aromatic heterocycles. The standard InChI is InChI=1S/C17H28N4O2/c1-10(2)15-19-16(23-20-15)12(4)18-14-7-8-21(9-11(14)3)17(22)13-5-6-13/h10-14,18H,5-9H2,1-4H3/t11-,12-,14+/m0/s1. The Morgan fingerprint density at radius 3 is 2.61 bits per heavy atom. The van der Waals surface area contributed by atoms with Crippen molar-refractivity contribution in [2.24, 2.45) is 11.8 Å². The molecular formula is C17H28N4O2. The van der Waals surface area contributed by atoms with Crippen molar-refractivity contribution in [3.63, 3.8) is 0 Å². The molecule has 23 heavy (non-hydrogen) atoms. The molecule has 2 aliphatic rings. The number of likely N-dealkylation sites (tertiary alicyclic amines) is 1. The van der Waals surface area contributed by atoms with Crippen LogP contribution >= 0.6 is 0 Å². The molecule has 1 aliphatic heterocycles. The zero-order valence-corrected chi connectivity index (χ0v) is 14.6. The SMILES string of the molecule is CC(C)c1noc([C@H](C)N[C@@H]2CCN(C(=O)C3CC3)C[C@@H]2C)n1. The summed E-state index contributed by atoms with van der Waals surface area (Å²) in [6.07, 6.45) is 3.14. The van der Waals surface area contributed by atoms with Crippen molar-refractivity contribution in [2.45, 2.75) is 65.0 Å². The minimum Gasteiger partial charge on any atom is -0.342 e. The molecule has 2 fully saturated rings. The summed E-state index contributed by atoms with van der Waals surface area (Å²) >= 11 is 0. The summed E-state index contributed by atoms with van der Waals surface area (Å²) in [5, 5.41) is 7.64. The summed E-state index contributed by atoms with van der Waals surface area (Å²) in [5.74, 6) is 2.79. The van der Waals surface area contributed by atoms with Gasteiger partial charge in [0.2, 0.25) is 11.8 Å². The van der Waals surface area contributed by atoms with Gasteiger partial charge in [0, 0.05) is 31.0 Å². The van der Waals surface area contributed by atoms with Crippen LogP contribution in [0.25, 0.3) is 0 Å². The first kappa shape index (κ1) is 16.4. The van der Waals surface area contributed by atoms with Gasteiger partial charge in [0.25, 0.3) is 0 Å². The molecule has 6 heteroatoms. The van der Waals surface area contributed by atoms with E-state index in [1.54, 1.807) is 0 Å². The minimum atomic E-state index is 0.0353. The Balaban J connectivity index is 1.54. The molecule has 1 saturated heterocycles. The Morgan fingerprint density at radius 2 is 2.04 bits per heavy atom. The fraction of sp³-hybridized carbons (Fsp3) is 0.824. The van der Waals surface area contributed by atoms with Crippen LogP contribution in [0.1, 0.15) is 70.6 Å². The first-order valence-electron chi connectivity index (χ1n) is 8.84. The van der Waals surface area contributed by atoms with Crippen LogP contribution in [0.3, 0.4) is 0 Å². The maximum atomic E-state index is 12.2. The fourth-order valence-electron chi connectivity index (χ4n) is 3.23. The number of rotatable bonds is 5. The van der Waals surface area contributed by atoms with Gasteiger partial charge in [-0.1, -0.05) is 25.9 Å². The molecule has 3 rings (SSSR count). The second-order valence-corrected chi connectivity index (χ2v) is 7.46. The van der Waals surface area contributed by atoms with Gasteiger partial charge in [0.15, 0.2) is 5.82 Å². The second-order valence-electron chi connectivity index (χ2n) is 7.46. The summed E-state index contributed by atoms with van der Waals surface area (Å²) in [6, 6.07) is 0.413. The number of amides is 1. The summed E-state index contributed by atoms with van der Waals surface area (Å²) in [7, 11) is 0. The van der Waals surface area contributed by atoms with Gasteiger partial charge in [-0.3, -0.25) is 4.79 Å². The third kappa shape index (κ3) is 3.74. The molecule has 2 heterocycles. The lowest BCUT2D eigenvalue weighted by molar-refractivity contribution is -0.134. The van der Waals surface area contributed by atoms with E-state index < -0.39 is 0 Å². The molecule has 1 amide bonds. The zero-order valence-electron chi connectivity index (χ0n) is 14.6. The van der Waals surface area contributed by atoms with Gasteiger partial charge in [-0.05, 0) is 32.1 Å². The maximum Gasteiger partial charge on any atom is 0.243 e. The first-order chi connectivity index (χ1) is 11.0. The van der Waals surface area contributed by atoms with Gasteiger partial charge in [-0.25, -0.2) is 0 Å². The van der Waals surface area contributed by atoms with Crippen LogP contribution in [0.5, 0.6) is 0 Å². The van der Waals surface area contributed by atoms with Crippen molar-refractivity contribution >= 4 is 5.91 Å². The van der Waals surface area contributed by atoms with Crippen LogP contribution < -0.4 is 5.32 Å². The van der Waals surface area contributed by atoms with Crippen LogP contribution in [-0.2, 0) is 4.79 Å². The van der Waals surface area contributed by atoms with Gasteiger partial charge in [0.1, 0.15) is 0 Å². The minimum absolute atomic E-state index is 0.0353. The quantitative estimate of drug-likeness (QED) is 0.902. The summed E-state index contributed by atoms with van der Waals surface area (Å²) in [4.78, 5) is 18.7. The number of carbonyl (C=O) groups is 1. The fourth-order valence-corrected chi connectivity index (χ4v) is 3.23. The predicted molar refractivity (Wildman–Crippen MR) is 86.8 cm³/mol. The molecule has 6 nitrogen and oxygen atoms in total. The topological polar surface area (TPSA) is 71.3 Å². The lowest BCUT2D eigenvalue weighted by Gasteiger charge is -2.38. The second kappa shape index (κ2) is 6.59. The molecular weight excluding hydrogens is 292 g/mol. The van der Waals surface area contributed by atoms with E-state index in [-0.39, 0.29) is 12.0 Å². The zero-order chi connectivity index (χ0) is 16.6. The van der Waals surface area contributed by atoms with Crippen LogP contribution in [0.4, 0.5) is 0 Å². The molecule has 1 aliphatic carbocycles. The molecule has 3 atom stereocenters. The van der Waals surface area contributed by atoms with E-state index in [0.717, 1.165) is 38.2 Å². The third-order valence-electron chi connectivity index (χ3n) is 4.95. The van der Waals surface area contributed by atoms with Gasteiger partial charge in [0.05, 0.1) is 6.04 Å². The number of piperidine rings is 1. The van der Waals surface area contributed by atoms with E-state index in [9.17, 15) is 4.79 Å². The largest absolute Gasteiger partial charge is 0.342 e. The summed E-state index contributed by atoms with van der Waals surface area (Å²) < 4.78 is 5.38. The molecule has 0 spiro atoms. The average molecular weight is 320 g/mol. The Kier molecular flexibility index (Phi) is 4.71. The maximum absolute atomic E-state index is 12.2. The van der Waals surface area contributed by atoms with Crippen LogP contribution in [0.2, 0.25) is 0 Å². The number of nitrogens with zero attached hydrogens (tertiary/aromatic N) is 3. The lowest BCUT2D eigenvalue weighted by Crippen LogP contribution is -2.51. The Morgan fingerprint density at radius 1 is 1.30 bits per heavy atom. The average Bonchev–Trinajstić information content (AvgIpc) is 3.24. The smallest absolute Gasteiger partial charge is 0.243 e. The van der Waals surface area contributed by atoms with E-state index in [4.69, 9.17) is 4.52 Å². The van der Waals surface area contributed by atoms with Gasteiger partial charge >= 0.3 is 0 Å². The normalized spacial score (nSPS) is 26.6. The third-order valence-corrected chi connectivity index (χ3v) is 4.95. The summed E-state index contributed by atoms with van der Waals surface area (Å²) in [5.41, 5.74) is 0. The van der Waals surface area contributed by atoms with Crippen LogP contribution in [0, 0.1) is 11.8 Å². The molecule has 1 N–H and O–H groups in total. The van der Waals surface area contributed by atoms with Crippen molar-refractivity contribution < 1.29 is 9.32 Å². The van der Waals surface area contributed by atoms with E-state index in [0.29, 0.717) is 29.7 Å². The molecule has 1 saturated carbocycles. The monoisotopic (exact) mass is 320 g/mol. The van der Waals surface area contributed by atoms with Crippen molar-refractivity contribution in [3.8, 4) is 0 Å². The highest BCUT2D eigenvalue weighted by Gasteiger charge is 2.37. The molecule has 0 bridgehead atoms. The van der Waals surface area contributed by atoms with Gasteiger partial charge in [-0.15, -0.1) is 0 Å². The van der Waals surface area contributed by atoms with E-state index >= 15 is 0 Å². The first-order valence-corrected chi connectivity index (χ1v) is 8.84. The molecule has 128 valence electrons. The Hall–Kier alpha value is -1.43. The number of aromatic nitrogens is 2. The van der Waals surface area contributed by atoms with Crippen molar-refractivity contribution in [3.05, 3.63) is 11.7 Å². The van der Waals surface area contributed by atoms with Gasteiger partial charge < -0.3 is 14.7 Å². The number of carbonyl (C=O) groups excluding carboxylic acids is 1. The van der Waals surface area contributed by atoms with Crippen molar-refractivity contribution in [2.75, 3.05) is 13.1 Å². The van der Waals surface area contributed by atoms with E-state index in [2.05, 4.69) is 48.1 Å². The highest BCUT2D eigenvalue weighted by Crippen LogP contribution is 2.32. The molecule has 0 unspecified atom stereocenters.